The fraction of sp³-hybridized carbons (Fsp3) is 0.723. The van der Waals surface area contributed by atoms with Gasteiger partial charge in [-0.15, -0.1) is 0 Å². The molecule has 0 N–H and O–H groups in total. The maximum Gasteiger partial charge on any atom is 0.168 e. The van der Waals surface area contributed by atoms with Gasteiger partial charge in [0.15, 0.2) is 5.79 Å². The lowest BCUT2D eigenvalue weighted by Gasteiger charge is -2.28. The van der Waals surface area contributed by atoms with Crippen LogP contribution in [0.4, 0.5) is 0 Å². The predicted octanol–water partition coefficient (Wildman–Crippen LogP) is 14.5. The minimum atomic E-state index is -0.390. The number of hydrogen-bond donors (Lipinski definition) is 0. The van der Waals surface area contributed by atoms with Crippen molar-refractivity contribution in [1.82, 2.24) is 4.98 Å². The summed E-state index contributed by atoms with van der Waals surface area (Å²) in [5.74, 6) is -0.390. The maximum absolute atomic E-state index is 6.71. The zero-order chi connectivity index (χ0) is 36.2. The Morgan fingerprint density at radius 2 is 1.14 bits per heavy atom. The van der Waals surface area contributed by atoms with Gasteiger partial charge in [-0.3, -0.25) is 4.98 Å². The van der Waals surface area contributed by atoms with Crippen LogP contribution in [-0.4, -0.2) is 30.1 Å². The van der Waals surface area contributed by atoms with Crippen molar-refractivity contribution in [3.63, 3.8) is 0 Å². The zero-order valence-corrected chi connectivity index (χ0v) is 33.4. The summed E-state index contributed by atoms with van der Waals surface area (Å²) < 4.78 is 19.2. The molecule has 290 valence electrons. The van der Waals surface area contributed by atoms with Gasteiger partial charge in [-0.2, -0.15) is 0 Å². The van der Waals surface area contributed by atoms with E-state index in [0.29, 0.717) is 19.8 Å². The molecule has 1 aromatic rings. The molecule has 0 saturated carbocycles. The van der Waals surface area contributed by atoms with Gasteiger partial charge in [-0.25, -0.2) is 0 Å². The van der Waals surface area contributed by atoms with Crippen molar-refractivity contribution in [1.29, 1.82) is 0 Å². The first-order valence-electron chi connectivity index (χ1n) is 21.7. The Labute approximate surface area is 316 Å². The van der Waals surface area contributed by atoms with Crippen molar-refractivity contribution in [2.75, 3.05) is 13.2 Å². The average Bonchev–Trinajstić information content (AvgIpc) is 3.56. The summed E-state index contributed by atoms with van der Waals surface area (Å²) in [5.41, 5.74) is 1.12. The lowest BCUT2D eigenvalue weighted by molar-refractivity contribution is -0.180. The SMILES string of the molecule is CCCCCC=CCC=CCCCCCCCCC1(CCCCCCCCC=CCC=CCCCCC)OCC(CCOCc2cccnc2)O1. The summed E-state index contributed by atoms with van der Waals surface area (Å²) in [6, 6.07) is 4.02. The van der Waals surface area contributed by atoms with Gasteiger partial charge < -0.3 is 14.2 Å². The topological polar surface area (TPSA) is 40.6 Å². The zero-order valence-electron chi connectivity index (χ0n) is 33.4. The Balaban J connectivity index is 1.59. The summed E-state index contributed by atoms with van der Waals surface area (Å²) in [4.78, 5) is 4.19. The molecule has 0 bridgehead atoms. The number of unbranched alkanes of at least 4 members (excludes halogenated alkanes) is 18. The number of allylic oxidation sites excluding steroid dienone is 8. The molecule has 1 atom stereocenters. The second kappa shape index (κ2) is 33.8. The Morgan fingerprint density at radius 3 is 1.63 bits per heavy atom. The molecular formula is C47H79NO3. The first kappa shape index (κ1) is 45.1. The van der Waals surface area contributed by atoms with Gasteiger partial charge in [0.25, 0.3) is 0 Å². The van der Waals surface area contributed by atoms with Crippen molar-refractivity contribution >= 4 is 0 Å². The van der Waals surface area contributed by atoms with E-state index in [2.05, 4.69) is 73.5 Å². The van der Waals surface area contributed by atoms with Crippen molar-refractivity contribution in [3.8, 4) is 0 Å². The highest BCUT2D eigenvalue weighted by molar-refractivity contribution is 5.06. The molecule has 1 aromatic heterocycles. The van der Waals surface area contributed by atoms with Gasteiger partial charge in [0, 0.05) is 31.8 Å². The lowest BCUT2D eigenvalue weighted by Crippen LogP contribution is -2.31. The third-order valence-corrected chi connectivity index (χ3v) is 10.0. The van der Waals surface area contributed by atoms with E-state index in [0.717, 1.165) is 37.7 Å². The van der Waals surface area contributed by atoms with Crippen LogP contribution in [0.5, 0.6) is 0 Å². The molecule has 2 heterocycles. The molecule has 4 nitrogen and oxygen atoms in total. The average molecular weight is 706 g/mol. The number of hydrogen-bond acceptors (Lipinski definition) is 4. The summed E-state index contributed by atoms with van der Waals surface area (Å²) in [7, 11) is 0. The van der Waals surface area contributed by atoms with E-state index in [1.54, 1.807) is 6.20 Å². The molecule has 0 amide bonds. The molecule has 51 heavy (non-hydrogen) atoms. The Bertz CT molecular complexity index is 952. The summed E-state index contributed by atoms with van der Waals surface area (Å²) in [6.07, 6.45) is 56.1. The second-order valence-electron chi connectivity index (χ2n) is 14.8. The van der Waals surface area contributed by atoms with E-state index in [4.69, 9.17) is 14.2 Å². The molecule has 1 unspecified atom stereocenters. The summed E-state index contributed by atoms with van der Waals surface area (Å²) in [6.45, 7) is 6.52. The fourth-order valence-electron chi connectivity index (χ4n) is 6.80. The Kier molecular flexibility index (Phi) is 29.9. The van der Waals surface area contributed by atoms with Crippen LogP contribution in [0.1, 0.15) is 193 Å². The van der Waals surface area contributed by atoms with Crippen LogP contribution < -0.4 is 0 Å². The number of ether oxygens (including phenoxy) is 3. The third-order valence-electron chi connectivity index (χ3n) is 10.0. The highest BCUT2D eigenvalue weighted by Gasteiger charge is 2.40. The number of pyridine rings is 1. The summed E-state index contributed by atoms with van der Waals surface area (Å²) in [5, 5.41) is 0. The largest absolute Gasteiger partial charge is 0.377 e. The van der Waals surface area contributed by atoms with E-state index in [-0.39, 0.29) is 6.10 Å². The number of aromatic nitrogens is 1. The van der Waals surface area contributed by atoms with Crippen LogP contribution >= 0.6 is 0 Å². The lowest BCUT2D eigenvalue weighted by atomic mass is 9.98. The Morgan fingerprint density at radius 1 is 0.647 bits per heavy atom. The maximum atomic E-state index is 6.71. The standard InChI is InChI=1S/C47H79NO3/c1-3-5-7-9-11-13-15-17-19-21-23-25-27-29-31-33-38-47(50-44-46(51-47)37-41-49-43-45-36-35-40-48-42-45)39-34-32-30-28-26-24-22-20-18-16-14-12-10-8-6-4-2/h11-14,17-20,35-36,40,42,46H,3-10,15-16,21-34,37-39,41,43-44H2,1-2H3. The smallest absolute Gasteiger partial charge is 0.168 e. The molecule has 1 fully saturated rings. The normalized spacial score (nSPS) is 18.1. The number of nitrogens with zero attached hydrogens (tertiary/aromatic N) is 1. The minimum Gasteiger partial charge on any atom is -0.377 e. The molecule has 1 aliphatic rings. The van der Waals surface area contributed by atoms with Crippen LogP contribution in [0, 0.1) is 0 Å². The molecule has 0 spiro atoms. The monoisotopic (exact) mass is 706 g/mol. The van der Waals surface area contributed by atoms with Crippen molar-refractivity contribution < 1.29 is 14.2 Å². The van der Waals surface area contributed by atoms with E-state index in [1.807, 2.05) is 12.3 Å². The van der Waals surface area contributed by atoms with Gasteiger partial charge in [0.1, 0.15) is 0 Å². The molecule has 1 saturated heterocycles. The highest BCUT2D eigenvalue weighted by atomic mass is 16.7. The highest BCUT2D eigenvalue weighted by Crippen LogP contribution is 2.35. The van der Waals surface area contributed by atoms with Crippen LogP contribution in [0.2, 0.25) is 0 Å². The van der Waals surface area contributed by atoms with E-state index < -0.39 is 5.79 Å². The van der Waals surface area contributed by atoms with Crippen molar-refractivity contribution in [2.45, 2.75) is 206 Å². The van der Waals surface area contributed by atoms with Crippen LogP contribution in [0.25, 0.3) is 0 Å². The molecule has 4 heteroatoms. The quantitative estimate of drug-likeness (QED) is 0.0521. The van der Waals surface area contributed by atoms with Gasteiger partial charge in [-0.1, -0.05) is 146 Å². The van der Waals surface area contributed by atoms with Crippen LogP contribution in [0.15, 0.2) is 73.1 Å². The van der Waals surface area contributed by atoms with Gasteiger partial charge in [0.05, 0.1) is 19.3 Å². The van der Waals surface area contributed by atoms with Crippen LogP contribution in [0.3, 0.4) is 0 Å². The Hall–Kier alpha value is -2.01. The molecule has 0 radical (unpaired) electrons. The first-order valence-corrected chi connectivity index (χ1v) is 21.7. The van der Waals surface area contributed by atoms with E-state index >= 15 is 0 Å². The molecular weight excluding hydrogens is 627 g/mol. The number of rotatable bonds is 35. The molecule has 0 aromatic carbocycles. The van der Waals surface area contributed by atoms with Gasteiger partial charge in [-0.05, 0) is 95.1 Å². The predicted molar refractivity (Wildman–Crippen MR) is 220 cm³/mol. The fourth-order valence-corrected chi connectivity index (χ4v) is 6.80. The van der Waals surface area contributed by atoms with Gasteiger partial charge >= 0.3 is 0 Å². The van der Waals surface area contributed by atoms with Crippen LogP contribution in [-0.2, 0) is 20.8 Å². The third kappa shape index (κ3) is 26.4. The summed E-state index contributed by atoms with van der Waals surface area (Å²) >= 11 is 0. The van der Waals surface area contributed by atoms with Crippen molar-refractivity contribution in [2.24, 2.45) is 0 Å². The molecule has 1 aliphatic heterocycles. The van der Waals surface area contributed by atoms with Crippen molar-refractivity contribution in [3.05, 3.63) is 78.7 Å². The molecule has 2 rings (SSSR count). The van der Waals surface area contributed by atoms with E-state index in [1.165, 1.54) is 141 Å². The first-order chi connectivity index (χ1) is 25.3. The van der Waals surface area contributed by atoms with E-state index in [9.17, 15) is 0 Å². The second-order valence-corrected chi connectivity index (χ2v) is 14.8. The molecule has 0 aliphatic carbocycles. The minimum absolute atomic E-state index is 0.133. The van der Waals surface area contributed by atoms with Gasteiger partial charge in [0.2, 0.25) is 0 Å².